The van der Waals surface area contributed by atoms with Crippen molar-refractivity contribution in [1.29, 1.82) is 0 Å². The lowest BCUT2D eigenvalue weighted by Crippen LogP contribution is -2.43. The number of aliphatic hydroxyl groups is 1. The highest BCUT2D eigenvalue weighted by Crippen LogP contribution is 2.33. The standard InChI is InChI=1S/C12H24BrNO2/c1-2-14(6-3-7-15)11-12(10-13)4-8-16-9-5-12/h15H,2-11H2,1H3. The van der Waals surface area contributed by atoms with Crippen molar-refractivity contribution >= 4 is 15.9 Å². The van der Waals surface area contributed by atoms with Crippen molar-refractivity contribution in [3.05, 3.63) is 0 Å². The third-order valence-electron chi connectivity index (χ3n) is 3.48. The number of nitrogens with zero attached hydrogens (tertiary/aromatic N) is 1. The van der Waals surface area contributed by atoms with Crippen LogP contribution in [0.4, 0.5) is 0 Å². The molecule has 0 radical (unpaired) electrons. The van der Waals surface area contributed by atoms with Crippen molar-refractivity contribution in [2.45, 2.75) is 26.2 Å². The first kappa shape index (κ1) is 14.4. The molecule has 1 fully saturated rings. The molecule has 1 aliphatic heterocycles. The first-order chi connectivity index (χ1) is 7.76. The molecule has 1 heterocycles. The zero-order chi connectivity index (χ0) is 11.9. The molecule has 1 aliphatic rings. The van der Waals surface area contributed by atoms with Crippen LogP contribution >= 0.6 is 15.9 Å². The summed E-state index contributed by atoms with van der Waals surface area (Å²) < 4.78 is 5.44. The van der Waals surface area contributed by atoms with E-state index in [1.54, 1.807) is 0 Å². The quantitative estimate of drug-likeness (QED) is 0.728. The lowest BCUT2D eigenvalue weighted by Gasteiger charge is -2.39. The molecular weight excluding hydrogens is 270 g/mol. The number of alkyl halides is 1. The van der Waals surface area contributed by atoms with Gasteiger partial charge in [0.1, 0.15) is 0 Å². The molecule has 1 saturated heterocycles. The van der Waals surface area contributed by atoms with Crippen molar-refractivity contribution in [1.82, 2.24) is 4.90 Å². The van der Waals surface area contributed by atoms with Crippen LogP contribution < -0.4 is 0 Å². The lowest BCUT2D eigenvalue weighted by molar-refractivity contribution is 0.00817. The van der Waals surface area contributed by atoms with Crippen LogP contribution in [0.1, 0.15) is 26.2 Å². The summed E-state index contributed by atoms with van der Waals surface area (Å²) in [4.78, 5) is 2.45. The van der Waals surface area contributed by atoms with Crippen LogP contribution in [-0.2, 0) is 4.74 Å². The van der Waals surface area contributed by atoms with Gasteiger partial charge in [-0.05, 0) is 31.2 Å². The molecule has 0 amide bonds. The molecule has 0 atom stereocenters. The Balaban J connectivity index is 2.45. The van der Waals surface area contributed by atoms with Gasteiger partial charge in [-0.15, -0.1) is 0 Å². The lowest BCUT2D eigenvalue weighted by atomic mass is 9.82. The highest BCUT2D eigenvalue weighted by atomic mass is 79.9. The smallest absolute Gasteiger partial charge is 0.0472 e. The summed E-state index contributed by atoms with van der Waals surface area (Å²) in [5.74, 6) is 0. The van der Waals surface area contributed by atoms with Gasteiger partial charge in [0, 0.05) is 38.2 Å². The van der Waals surface area contributed by atoms with E-state index in [2.05, 4.69) is 27.8 Å². The van der Waals surface area contributed by atoms with Gasteiger partial charge in [-0.3, -0.25) is 0 Å². The van der Waals surface area contributed by atoms with Gasteiger partial charge < -0.3 is 14.7 Å². The summed E-state index contributed by atoms with van der Waals surface area (Å²) in [6.45, 7) is 7.46. The Morgan fingerprint density at radius 2 is 2.06 bits per heavy atom. The van der Waals surface area contributed by atoms with E-state index in [0.717, 1.165) is 57.4 Å². The summed E-state index contributed by atoms with van der Waals surface area (Å²) in [7, 11) is 0. The van der Waals surface area contributed by atoms with E-state index < -0.39 is 0 Å². The number of aliphatic hydroxyl groups excluding tert-OH is 1. The predicted molar refractivity (Wildman–Crippen MR) is 70.1 cm³/mol. The molecular formula is C12H24BrNO2. The monoisotopic (exact) mass is 293 g/mol. The van der Waals surface area contributed by atoms with Crippen molar-refractivity contribution in [2.24, 2.45) is 5.41 Å². The van der Waals surface area contributed by atoms with Crippen molar-refractivity contribution < 1.29 is 9.84 Å². The molecule has 96 valence electrons. The van der Waals surface area contributed by atoms with Gasteiger partial charge in [-0.1, -0.05) is 22.9 Å². The molecule has 0 aliphatic carbocycles. The second-order valence-corrected chi connectivity index (χ2v) is 5.25. The van der Waals surface area contributed by atoms with Gasteiger partial charge in [0.05, 0.1) is 0 Å². The molecule has 0 unspecified atom stereocenters. The molecule has 0 saturated carbocycles. The van der Waals surface area contributed by atoms with Gasteiger partial charge in [-0.2, -0.15) is 0 Å². The third-order valence-corrected chi connectivity index (χ3v) is 4.67. The topological polar surface area (TPSA) is 32.7 Å². The molecule has 1 N–H and O–H groups in total. The maximum atomic E-state index is 8.88. The van der Waals surface area contributed by atoms with E-state index in [1.807, 2.05) is 0 Å². The van der Waals surface area contributed by atoms with Gasteiger partial charge in [-0.25, -0.2) is 0 Å². The molecule has 0 aromatic heterocycles. The van der Waals surface area contributed by atoms with E-state index in [1.165, 1.54) is 0 Å². The zero-order valence-electron chi connectivity index (χ0n) is 10.3. The fourth-order valence-electron chi connectivity index (χ4n) is 2.26. The van der Waals surface area contributed by atoms with Gasteiger partial charge >= 0.3 is 0 Å². The molecule has 0 spiro atoms. The Morgan fingerprint density at radius 3 is 2.56 bits per heavy atom. The maximum absolute atomic E-state index is 8.88. The predicted octanol–water partition coefficient (Wildman–Crippen LogP) is 1.88. The number of halogens is 1. The molecule has 0 aromatic rings. The Kier molecular flexibility index (Phi) is 6.89. The van der Waals surface area contributed by atoms with Crippen LogP contribution in [0, 0.1) is 5.41 Å². The highest BCUT2D eigenvalue weighted by molar-refractivity contribution is 9.09. The summed E-state index contributed by atoms with van der Waals surface area (Å²) >= 11 is 3.66. The molecule has 16 heavy (non-hydrogen) atoms. The average Bonchev–Trinajstić information content (AvgIpc) is 2.35. The average molecular weight is 294 g/mol. The largest absolute Gasteiger partial charge is 0.396 e. The molecule has 3 nitrogen and oxygen atoms in total. The second-order valence-electron chi connectivity index (χ2n) is 4.69. The minimum atomic E-state index is 0.293. The van der Waals surface area contributed by atoms with Crippen LogP contribution in [0.2, 0.25) is 0 Å². The number of ether oxygens (including phenoxy) is 1. The minimum absolute atomic E-state index is 0.293. The van der Waals surface area contributed by atoms with E-state index in [0.29, 0.717) is 12.0 Å². The second kappa shape index (κ2) is 7.64. The Labute approximate surface area is 107 Å². The van der Waals surface area contributed by atoms with Crippen LogP contribution in [0.15, 0.2) is 0 Å². The van der Waals surface area contributed by atoms with Gasteiger partial charge in [0.15, 0.2) is 0 Å². The van der Waals surface area contributed by atoms with Gasteiger partial charge in [0.2, 0.25) is 0 Å². The molecule has 0 aromatic carbocycles. The summed E-state index contributed by atoms with van der Waals surface area (Å²) in [6.07, 6.45) is 3.17. The Bertz CT molecular complexity index is 184. The first-order valence-corrected chi connectivity index (χ1v) is 7.35. The number of rotatable bonds is 7. The first-order valence-electron chi connectivity index (χ1n) is 6.23. The van der Waals surface area contributed by atoms with E-state index >= 15 is 0 Å². The fraction of sp³-hybridized carbons (Fsp3) is 1.00. The zero-order valence-corrected chi connectivity index (χ0v) is 11.8. The van der Waals surface area contributed by atoms with Crippen molar-refractivity contribution in [2.75, 3.05) is 44.8 Å². The maximum Gasteiger partial charge on any atom is 0.0472 e. The van der Waals surface area contributed by atoms with E-state index in [4.69, 9.17) is 9.84 Å². The fourth-order valence-corrected chi connectivity index (χ4v) is 2.99. The Morgan fingerprint density at radius 1 is 1.38 bits per heavy atom. The van der Waals surface area contributed by atoms with Gasteiger partial charge in [0.25, 0.3) is 0 Å². The summed E-state index contributed by atoms with van der Waals surface area (Å²) in [5.41, 5.74) is 0.379. The normalized spacial score (nSPS) is 20.2. The highest BCUT2D eigenvalue weighted by Gasteiger charge is 2.32. The molecule has 4 heteroatoms. The van der Waals surface area contributed by atoms with Crippen molar-refractivity contribution in [3.8, 4) is 0 Å². The molecule has 1 rings (SSSR count). The summed E-state index contributed by atoms with van der Waals surface area (Å²) in [6, 6.07) is 0. The van der Waals surface area contributed by atoms with Crippen molar-refractivity contribution in [3.63, 3.8) is 0 Å². The van der Waals surface area contributed by atoms with Crippen LogP contribution in [-0.4, -0.2) is 54.8 Å². The minimum Gasteiger partial charge on any atom is -0.396 e. The number of hydrogen-bond acceptors (Lipinski definition) is 3. The van der Waals surface area contributed by atoms with Crippen LogP contribution in [0.5, 0.6) is 0 Å². The SMILES string of the molecule is CCN(CCCO)CC1(CBr)CCOCC1. The third kappa shape index (κ3) is 4.32. The van der Waals surface area contributed by atoms with Crippen LogP contribution in [0.25, 0.3) is 0 Å². The Hall–Kier alpha value is 0.360. The summed E-state index contributed by atoms with van der Waals surface area (Å²) in [5, 5.41) is 9.94. The van der Waals surface area contributed by atoms with E-state index in [-0.39, 0.29) is 0 Å². The van der Waals surface area contributed by atoms with E-state index in [9.17, 15) is 0 Å². The molecule has 0 bridgehead atoms. The van der Waals surface area contributed by atoms with Crippen LogP contribution in [0.3, 0.4) is 0 Å². The number of hydrogen-bond donors (Lipinski definition) is 1.